The van der Waals surface area contributed by atoms with Crippen LogP contribution in [0.25, 0.3) is 0 Å². The molecule has 180 valence electrons. The lowest BCUT2D eigenvalue weighted by atomic mass is 9.74. The number of rotatable bonds is 7. The van der Waals surface area contributed by atoms with Crippen LogP contribution < -0.4 is 29.6 Å². The SMILES string of the molecule is CCNC(=NCC1(c2ccc3c(c2)OCO3)CCOCC1)Nc1ccc(OC)c(OC)c1.I. The summed E-state index contributed by atoms with van der Waals surface area (Å²) in [5.41, 5.74) is 1.95. The third-order valence-electron chi connectivity index (χ3n) is 5.97. The highest BCUT2D eigenvalue weighted by Crippen LogP contribution is 2.41. The fraction of sp³-hybridized carbons (Fsp3) is 0.458. The highest BCUT2D eigenvalue weighted by molar-refractivity contribution is 14.0. The van der Waals surface area contributed by atoms with Crippen molar-refractivity contribution in [3.63, 3.8) is 0 Å². The minimum absolute atomic E-state index is 0. The molecule has 0 aromatic heterocycles. The number of hydrogen-bond acceptors (Lipinski definition) is 6. The molecule has 0 saturated carbocycles. The Labute approximate surface area is 212 Å². The summed E-state index contributed by atoms with van der Waals surface area (Å²) in [4.78, 5) is 4.97. The van der Waals surface area contributed by atoms with E-state index in [0.717, 1.165) is 36.6 Å². The molecule has 0 aliphatic carbocycles. The summed E-state index contributed by atoms with van der Waals surface area (Å²) in [6.07, 6.45) is 1.79. The molecule has 2 aliphatic rings. The van der Waals surface area contributed by atoms with Gasteiger partial charge in [0.2, 0.25) is 6.79 Å². The minimum atomic E-state index is -0.126. The smallest absolute Gasteiger partial charge is 0.231 e. The van der Waals surface area contributed by atoms with Crippen molar-refractivity contribution in [1.82, 2.24) is 5.32 Å². The third-order valence-corrected chi connectivity index (χ3v) is 5.97. The van der Waals surface area contributed by atoms with Crippen LogP contribution in [-0.4, -0.2) is 53.3 Å². The third kappa shape index (κ3) is 5.75. The lowest BCUT2D eigenvalue weighted by molar-refractivity contribution is 0.0530. The van der Waals surface area contributed by atoms with Gasteiger partial charge in [-0.1, -0.05) is 6.07 Å². The van der Waals surface area contributed by atoms with Crippen molar-refractivity contribution >= 4 is 35.6 Å². The molecule has 0 bridgehead atoms. The zero-order valence-corrected chi connectivity index (χ0v) is 21.6. The van der Waals surface area contributed by atoms with Crippen molar-refractivity contribution in [2.24, 2.45) is 4.99 Å². The van der Waals surface area contributed by atoms with Gasteiger partial charge in [0.05, 0.1) is 20.8 Å². The van der Waals surface area contributed by atoms with E-state index in [2.05, 4.69) is 22.8 Å². The van der Waals surface area contributed by atoms with Gasteiger partial charge in [-0.25, -0.2) is 0 Å². The van der Waals surface area contributed by atoms with E-state index in [1.54, 1.807) is 14.2 Å². The average Bonchev–Trinajstić information content (AvgIpc) is 3.31. The van der Waals surface area contributed by atoms with E-state index in [1.807, 2.05) is 31.2 Å². The lowest BCUT2D eigenvalue weighted by Crippen LogP contribution is -2.39. The molecule has 0 spiro atoms. The van der Waals surface area contributed by atoms with Crippen LogP contribution in [-0.2, 0) is 10.2 Å². The minimum Gasteiger partial charge on any atom is -0.493 e. The predicted octanol–water partition coefficient (Wildman–Crippen LogP) is 4.18. The van der Waals surface area contributed by atoms with Gasteiger partial charge < -0.3 is 34.3 Å². The number of nitrogens with zero attached hydrogens (tertiary/aromatic N) is 1. The Morgan fingerprint density at radius 2 is 1.76 bits per heavy atom. The topological polar surface area (TPSA) is 82.6 Å². The molecule has 0 atom stereocenters. The molecule has 1 fully saturated rings. The van der Waals surface area contributed by atoms with Gasteiger partial charge >= 0.3 is 0 Å². The first-order chi connectivity index (χ1) is 15.7. The Kier molecular flexibility index (Phi) is 8.90. The Balaban J connectivity index is 0.00000306. The summed E-state index contributed by atoms with van der Waals surface area (Å²) in [5.74, 6) is 3.65. The largest absolute Gasteiger partial charge is 0.493 e. The molecule has 0 unspecified atom stereocenters. The fourth-order valence-electron chi connectivity index (χ4n) is 4.11. The van der Waals surface area contributed by atoms with Crippen LogP contribution in [0.2, 0.25) is 0 Å². The van der Waals surface area contributed by atoms with Gasteiger partial charge in [0.1, 0.15) is 0 Å². The standard InChI is InChI=1S/C24H31N3O5.HI/c1-4-25-23(27-18-6-8-19(28-2)21(14-18)29-3)26-15-24(9-11-30-12-10-24)17-5-7-20-22(13-17)32-16-31-20;/h5-8,13-14H,4,9-12,15-16H2,1-3H3,(H2,25,26,27);1H. The molecule has 0 radical (unpaired) electrons. The molecule has 0 amide bonds. The number of nitrogens with one attached hydrogen (secondary N) is 2. The highest BCUT2D eigenvalue weighted by Gasteiger charge is 2.35. The quantitative estimate of drug-likeness (QED) is 0.294. The van der Waals surface area contributed by atoms with Crippen molar-refractivity contribution in [2.45, 2.75) is 25.2 Å². The molecule has 2 aromatic carbocycles. The number of ether oxygens (including phenoxy) is 5. The van der Waals surface area contributed by atoms with Crippen LogP contribution in [0.4, 0.5) is 5.69 Å². The number of benzene rings is 2. The fourth-order valence-corrected chi connectivity index (χ4v) is 4.11. The number of aliphatic imine (C=N–C) groups is 1. The summed E-state index contributed by atoms with van der Waals surface area (Å²) >= 11 is 0. The van der Waals surface area contributed by atoms with Crippen LogP contribution in [0.5, 0.6) is 23.0 Å². The molecule has 4 rings (SSSR count). The normalized spacial score (nSPS) is 16.5. The Bertz CT molecular complexity index is 963. The van der Waals surface area contributed by atoms with Crippen LogP contribution in [0.15, 0.2) is 41.4 Å². The van der Waals surface area contributed by atoms with E-state index in [0.29, 0.717) is 37.2 Å². The molecule has 2 aromatic rings. The highest BCUT2D eigenvalue weighted by atomic mass is 127. The monoisotopic (exact) mass is 569 g/mol. The van der Waals surface area contributed by atoms with Crippen molar-refractivity contribution in [3.05, 3.63) is 42.0 Å². The first-order valence-electron chi connectivity index (χ1n) is 10.9. The number of hydrogen-bond donors (Lipinski definition) is 2. The van der Waals surface area contributed by atoms with Gasteiger partial charge in [-0.15, -0.1) is 24.0 Å². The van der Waals surface area contributed by atoms with Gasteiger partial charge in [0.15, 0.2) is 29.0 Å². The van der Waals surface area contributed by atoms with Gasteiger partial charge in [-0.05, 0) is 49.6 Å². The molecule has 9 heteroatoms. The Morgan fingerprint density at radius 3 is 2.48 bits per heavy atom. The van der Waals surface area contributed by atoms with Crippen molar-refractivity contribution in [1.29, 1.82) is 0 Å². The molecular weight excluding hydrogens is 537 g/mol. The van der Waals surface area contributed by atoms with Crippen LogP contribution >= 0.6 is 24.0 Å². The number of anilines is 1. The Morgan fingerprint density at radius 1 is 1.00 bits per heavy atom. The van der Waals surface area contributed by atoms with Crippen LogP contribution in [0.3, 0.4) is 0 Å². The molecule has 2 N–H and O–H groups in total. The van der Waals surface area contributed by atoms with E-state index in [1.165, 1.54) is 5.56 Å². The molecule has 1 saturated heterocycles. The number of fused-ring (bicyclic) bond motifs is 1. The number of methoxy groups -OCH3 is 2. The summed E-state index contributed by atoms with van der Waals surface area (Å²) in [7, 11) is 3.25. The molecule has 8 nitrogen and oxygen atoms in total. The first-order valence-corrected chi connectivity index (χ1v) is 10.9. The van der Waals surface area contributed by atoms with Crippen LogP contribution in [0, 0.1) is 0 Å². The summed E-state index contributed by atoms with van der Waals surface area (Å²) in [6.45, 7) is 5.12. The second-order valence-electron chi connectivity index (χ2n) is 7.85. The second kappa shape index (κ2) is 11.6. The van der Waals surface area contributed by atoms with E-state index < -0.39 is 0 Å². The maximum Gasteiger partial charge on any atom is 0.231 e. The van der Waals surface area contributed by atoms with E-state index in [-0.39, 0.29) is 36.2 Å². The maximum atomic E-state index is 5.67. The zero-order valence-electron chi connectivity index (χ0n) is 19.3. The van der Waals surface area contributed by atoms with Gasteiger partial charge in [0, 0.05) is 36.9 Å². The Hall–Kier alpha value is -2.40. The van der Waals surface area contributed by atoms with Crippen molar-refractivity contribution in [2.75, 3.05) is 52.6 Å². The first kappa shape index (κ1) is 25.2. The molecule has 2 heterocycles. The predicted molar refractivity (Wildman–Crippen MR) is 139 cm³/mol. The summed E-state index contributed by atoms with van der Waals surface area (Å²) in [6, 6.07) is 11.9. The zero-order chi connectivity index (χ0) is 22.4. The molecule has 2 aliphatic heterocycles. The van der Waals surface area contributed by atoms with Gasteiger partial charge in [-0.2, -0.15) is 0 Å². The van der Waals surface area contributed by atoms with E-state index >= 15 is 0 Å². The van der Waals surface area contributed by atoms with Gasteiger partial charge in [-0.3, -0.25) is 4.99 Å². The summed E-state index contributed by atoms with van der Waals surface area (Å²) < 4.78 is 27.5. The number of halogens is 1. The van der Waals surface area contributed by atoms with Crippen molar-refractivity contribution in [3.8, 4) is 23.0 Å². The van der Waals surface area contributed by atoms with E-state index in [4.69, 9.17) is 28.7 Å². The van der Waals surface area contributed by atoms with Crippen molar-refractivity contribution < 1.29 is 23.7 Å². The van der Waals surface area contributed by atoms with E-state index in [9.17, 15) is 0 Å². The van der Waals surface area contributed by atoms with Crippen LogP contribution in [0.1, 0.15) is 25.3 Å². The summed E-state index contributed by atoms with van der Waals surface area (Å²) in [5, 5.41) is 6.72. The second-order valence-corrected chi connectivity index (χ2v) is 7.85. The lowest BCUT2D eigenvalue weighted by Gasteiger charge is -2.36. The average molecular weight is 569 g/mol. The molecular formula is C24H32IN3O5. The maximum absolute atomic E-state index is 5.67. The van der Waals surface area contributed by atoms with Gasteiger partial charge in [0.25, 0.3) is 0 Å². The molecule has 33 heavy (non-hydrogen) atoms. The number of guanidine groups is 1.